The number of hydrogen-bond acceptors (Lipinski definition) is 1. The van der Waals surface area contributed by atoms with Gasteiger partial charge in [-0.05, 0) is 106 Å². The fraction of sp³-hybridized carbons (Fsp3) is 0.0204. The predicted molar refractivity (Wildman–Crippen MR) is 233 cm³/mol. The molecule has 0 atom stereocenters. The van der Waals surface area contributed by atoms with E-state index in [-0.39, 0.29) is 0 Å². The zero-order chi connectivity index (χ0) is 35.5. The molecule has 4 heteroatoms. The van der Waals surface area contributed by atoms with Gasteiger partial charge >= 0.3 is 0 Å². The van der Waals surface area contributed by atoms with Gasteiger partial charge < -0.3 is 13.6 Å². The summed E-state index contributed by atoms with van der Waals surface area (Å²) in [5.74, 6) is 0. The van der Waals surface area contributed by atoms with Crippen molar-refractivity contribution in [3.8, 4) is 33.6 Å². The number of halogens is 1. The lowest BCUT2D eigenvalue weighted by Crippen LogP contribution is -1.93. The van der Waals surface area contributed by atoms with Crippen LogP contribution in [0.4, 0.5) is 0 Å². The summed E-state index contributed by atoms with van der Waals surface area (Å²) in [5.41, 5.74) is 13.6. The molecule has 0 N–H and O–H groups in total. The highest BCUT2D eigenvalue weighted by molar-refractivity contribution is 14.1. The Morgan fingerprint density at radius 2 is 0.755 bits per heavy atom. The van der Waals surface area contributed by atoms with Crippen molar-refractivity contribution in [1.82, 2.24) is 9.13 Å². The first kappa shape index (κ1) is 31.6. The molecule has 0 unspecified atom stereocenters. The summed E-state index contributed by atoms with van der Waals surface area (Å²) in [6.45, 7) is 0. The van der Waals surface area contributed by atoms with Crippen LogP contribution in [0.3, 0.4) is 0 Å². The summed E-state index contributed by atoms with van der Waals surface area (Å²) in [4.78, 5) is 1.97. The van der Waals surface area contributed by atoms with Gasteiger partial charge in [-0.15, -0.1) is 0 Å². The zero-order valence-corrected chi connectivity index (χ0v) is 31.2. The van der Waals surface area contributed by atoms with Gasteiger partial charge in [0, 0.05) is 43.7 Å². The minimum absolute atomic E-state index is 0.888. The molecule has 0 saturated carbocycles. The van der Waals surface area contributed by atoms with Crippen molar-refractivity contribution in [2.45, 2.75) is 0 Å². The van der Waals surface area contributed by atoms with Crippen LogP contribution in [0.5, 0.6) is 0 Å². The van der Waals surface area contributed by atoms with Crippen molar-refractivity contribution in [2.75, 3.05) is 4.93 Å². The van der Waals surface area contributed by atoms with Crippen molar-refractivity contribution in [3.05, 3.63) is 182 Å². The van der Waals surface area contributed by atoms with Crippen LogP contribution >= 0.6 is 22.6 Å². The SMILES string of the molecule is CI.c1ccc(-c2ccc3c(c2)c2ccccc2n3-c2ccc3oc4ccc(-c5ccc6c(c5)c5ccccc5n6-c5ccccc5)cc4c3c2)cc1. The molecule has 0 fully saturated rings. The Bertz CT molecular complexity index is 3130. The van der Waals surface area contributed by atoms with Crippen LogP contribution in [0.25, 0.3) is 99.2 Å². The zero-order valence-electron chi connectivity index (χ0n) is 29.0. The number of alkyl halides is 1. The monoisotopic (exact) mass is 792 g/mol. The summed E-state index contributed by atoms with van der Waals surface area (Å²) in [6, 6.07) is 65.5. The van der Waals surface area contributed by atoms with Gasteiger partial charge in [0.15, 0.2) is 0 Å². The third-order valence-corrected chi connectivity index (χ3v) is 10.5. The standard InChI is InChI=1S/C48H30N2O.CH3I/c1-3-11-31(12-4-1)32-19-23-46-39(27-32)38-16-8-10-18-44(38)50(46)36-22-26-48-42(30-36)41-29-34(21-25-47(41)51-48)33-20-24-45-40(28-33)37-15-7-9-17-43(37)49(45)35-13-5-2-6-14-35;1-2/h1-30H;1H3. The quantitative estimate of drug-likeness (QED) is 0.129. The van der Waals surface area contributed by atoms with Crippen LogP contribution in [0.2, 0.25) is 0 Å². The summed E-state index contributed by atoms with van der Waals surface area (Å²) in [5, 5.41) is 7.21. The average Bonchev–Trinajstić information content (AvgIpc) is 3.89. The van der Waals surface area contributed by atoms with Crippen LogP contribution in [-0.2, 0) is 0 Å². The van der Waals surface area contributed by atoms with Gasteiger partial charge in [-0.2, -0.15) is 0 Å². The lowest BCUT2D eigenvalue weighted by Gasteiger charge is -2.09. The molecular formula is C49H33IN2O. The third kappa shape index (κ3) is 5.08. The Morgan fingerprint density at radius 3 is 1.38 bits per heavy atom. The second kappa shape index (κ2) is 12.8. The number of nitrogens with zero attached hydrogens (tertiary/aromatic N) is 2. The fourth-order valence-electron chi connectivity index (χ4n) is 8.15. The minimum Gasteiger partial charge on any atom is -0.456 e. The fourth-order valence-corrected chi connectivity index (χ4v) is 8.15. The van der Waals surface area contributed by atoms with Gasteiger partial charge in [-0.25, -0.2) is 0 Å². The van der Waals surface area contributed by atoms with E-state index >= 15 is 0 Å². The van der Waals surface area contributed by atoms with Crippen LogP contribution in [-0.4, -0.2) is 14.1 Å². The van der Waals surface area contributed by atoms with Crippen LogP contribution < -0.4 is 0 Å². The second-order valence-electron chi connectivity index (χ2n) is 13.4. The first-order valence-electron chi connectivity index (χ1n) is 17.8. The molecular weight excluding hydrogens is 759 g/mol. The average molecular weight is 793 g/mol. The molecule has 252 valence electrons. The first-order valence-corrected chi connectivity index (χ1v) is 20.0. The summed E-state index contributed by atoms with van der Waals surface area (Å²) < 4.78 is 11.2. The maximum Gasteiger partial charge on any atom is 0.135 e. The topological polar surface area (TPSA) is 23.0 Å². The van der Waals surface area contributed by atoms with Crippen molar-refractivity contribution >= 4 is 88.1 Å². The normalized spacial score (nSPS) is 11.6. The minimum atomic E-state index is 0.888. The lowest BCUT2D eigenvalue weighted by atomic mass is 10.0. The number of fused-ring (bicyclic) bond motifs is 9. The number of rotatable bonds is 4. The molecule has 8 aromatic carbocycles. The number of furan rings is 1. The Morgan fingerprint density at radius 1 is 0.321 bits per heavy atom. The second-order valence-corrected chi connectivity index (χ2v) is 13.4. The highest BCUT2D eigenvalue weighted by atomic mass is 127. The largest absolute Gasteiger partial charge is 0.456 e. The number of benzene rings is 8. The molecule has 0 aliphatic carbocycles. The van der Waals surface area contributed by atoms with Crippen molar-refractivity contribution < 1.29 is 4.42 Å². The molecule has 11 rings (SSSR count). The predicted octanol–water partition coefficient (Wildman–Crippen LogP) is 14.2. The van der Waals surface area contributed by atoms with Gasteiger partial charge in [-0.1, -0.05) is 126 Å². The molecule has 0 bridgehead atoms. The van der Waals surface area contributed by atoms with Gasteiger partial charge in [0.25, 0.3) is 0 Å². The summed E-state index contributed by atoms with van der Waals surface area (Å²) in [7, 11) is 0. The molecule has 0 amide bonds. The Hall–Kier alpha value is -6.11. The van der Waals surface area contributed by atoms with Gasteiger partial charge in [-0.3, -0.25) is 0 Å². The van der Waals surface area contributed by atoms with Crippen molar-refractivity contribution in [3.63, 3.8) is 0 Å². The highest BCUT2D eigenvalue weighted by Crippen LogP contribution is 2.39. The van der Waals surface area contributed by atoms with E-state index < -0.39 is 0 Å². The molecule has 0 saturated heterocycles. The Labute approximate surface area is 320 Å². The van der Waals surface area contributed by atoms with Crippen molar-refractivity contribution in [2.24, 2.45) is 0 Å². The van der Waals surface area contributed by atoms with E-state index in [2.05, 4.69) is 214 Å². The van der Waals surface area contributed by atoms with Crippen molar-refractivity contribution in [1.29, 1.82) is 0 Å². The molecule has 3 heterocycles. The Kier molecular flexibility index (Phi) is 7.65. The van der Waals surface area contributed by atoms with E-state index in [1.54, 1.807) is 0 Å². The van der Waals surface area contributed by atoms with E-state index in [0.717, 1.165) is 27.6 Å². The lowest BCUT2D eigenvalue weighted by molar-refractivity contribution is 0.669. The molecule has 0 aliphatic heterocycles. The molecule has 0 radical (unpaired) electrons. The van der Waals surface area contributed by atoms with Gasteiger partial charge in [0.05, 0.1) is 22.1 Å². The molecule has 0 spiro atoms. The smallest absolute Gasteiger partial charge is 0.135 e. The summed E-state index contributed by atoms with van der Waals surface area (Å²) in [6.07, 6.45) is 0. The van der Waals surface area contributed by atoms with E-state index in [1.807, 2.05) is 4.93 Å². The summed E-state index contributed by atoms with van der Waals surface area (Å²) >= 11 is 2.15. The number of para-hydroxylation sites is 3. The number of hydrogen-bond donors (Lipinski definition) is 0. The van der Waals surface area contributed by atoms with Crippen LogP contribution in [0.1, 0.15) is 0 Å². The Balaban J connectivity index is 0.00000172. The van der Waals surface area contributed by atoms with Gasteiger partial charge in [0.1, 0.15) is 11.2 Å². The maximum absolute atomic E-state index is 6.42. The van der Waals surface area contributed by atoms with E-state index in [1.165, 1.54) is 71.6 Å². The molecule has 11 aromatic rings. The molecule has 3 nitrogen and oxygen atoms in total. The van der Waals surface area contributed by atoms with Gasteiger partial charge in [0.2, 0.25) is 0 Å². The van der Waals surface area contributed by atoms with Crippen LogP contribution in [0, 0.1) is 0 Å². The molecule has 0 aliphatic rings. The third-order valence-electron chi connectivity index (χ3n) is 10.5. The number of aromatic nitrogens is 2. The van der Waals surface area contributed by atoms with E-state index in [0.29, 0.717) is 0 Å². The first-order chi connectivity index (χ1) is 26.3. The highest BCUT2D eigenvalue weighted by Gasteiger charge is 2.17. The van der Waals surface area contributed by atoms with E-state index in [9.17, 15) is 0 Å². The maximum atomic E-state index is 6.42. The molecule has 53 heavy (non-hydrogen) atoms. The van der Waals surface area contributed by atoms with Crippen LogP contribution in [0.15, 0.2) is 186 Å². The van der Waals surface area contributed by atoms with E-state index in [4.69, 9.17) is 4.42 Å². The molecule has 3 aromatic heterocycles.